The zero-order chi connectivity index (χ0) is 94.4. The fourth-order valence-electron chi connectivity index (χ4n) is 18.2. The molecule has 16 nitrogen and oxygen atoms in total. The molecule has 16 rings (SSSR count). The van der Waals surface area contributed by atoms with Gasteiger partial charge in [0, 0.05) is 83.5 Å². The van der Waals surface area contributed by atoms with Crippen LogP contribution in [0.1, 0.15) is 253 Å². The van der Waals surface area contributed by atoms with Gasteiger partial charge in [0.05, 0.1) is 44.8 Å². The molecule has 132 heavy (non-hydrogen) atoms. The Bertz CT molecular complexity index is 5400. The monoisotopic (exact) mass is 1950 g/mol. The maximum atomic E-state index is 12.7. The Balaban J connectivity index is 0.000000201. The molecule has 0 saturated heterocycles. The molecule has 6 aromatic heterocycles. The molecule has 0 N–H and O–H groups in total. The number of carbonyl (C=O) groups excluding carboxylic acids is 4. The Hall–Kier alpha value is -9.50. The molecule has 2 saturated carbocycles. The van der Waals surface area contributed by atoms with Crippen molar-refractivity contribution in [1.29, 1.82) is 0 Å². The zero-order valence-electron chi connectivity index (χ0n) is 81.8. The van der Waals surface area contributed by atoms with Crippen molar-refractivity contribution in [2.75, 3.05) is 10.7 Å². The average Bonchev–Trinajstić information content (AvgIpc) is 1.63. The van der Waals surface area contributed by atoms with Gasteiger partial charge in [0.2, 0.25) is 23.1 Å². The van der Waals surface area contributed by atoms with Gasteiger partial charge >= 0.3 is 14.2 Å². The third-order valence-electron chi connectivity index (χ3n) is 25.9. The molecule has 2 bridgehead atoms. The normalized spacial score (nSPS) is 15.0. The smallest absolute Gasteiger partial charge is 0.326 e. The molecule has 684 valence electrons. The van der Waals surface area contributed by atoms with Crippen LogP contribution in [0.5, 0.6) is 0 Å². The standard InChI is InChI=1S/2C39H46BN6.C28H32O4.2CH2Cl2.2Zn/c2*1-25(2)31-10-16-34(17-11-31)37-22-28(7)44(41-37)40(45-29(8)23-38(42-45)35-18-12-32(13-19-35)26(3)4)46-30(9)24-39(43-46)36-20-14-33(15-21-36)27(5)6;1-27(2,3)19-11-17(13-21(29)25(19)31)24(23-15-7-8-16(23)10-9-15)18-12-20(28(4,5)6)26(32)22(30)14-18;2*2-1-3;;/h2*10-27,40H,1-9H3;11-16H,7-10H2,1-6H3;2*1H2;;/q2*-1;;;;;. The first-order valence-corrected chi connectivity index (χ1v) is 48.1. The van der Waals surface area contributed by atoms with Gasteiger partial charge < -0.3 is 27.6 Å². The van der Waals surface area contributed by atoms with Crippen molar-refractivity contribution >= 4 is 83.8 Å². The van der Waals surface area contributed by atoms with Crippen LogP contribution in [0, 0.1) is 64.2 Å². The summed E-state index contributed by atoms with van der Waals surface area (Å²) in [5.41, 5.74) is 30.3. The molecule has 0 atom stereocenters. The number of hydrogen-bond acceptors (Lipinski definition) is 10. The van der Waals surface area contributed by atoms with Crippen LogP contribution < -0.4 is 0 Å². The summed E-state index contributed by atoms with van der Waals surface area (Å²) in [5.74, 6) is 1.80. The van der Waals surface area contributed by atoms with E-state index in [9.17, 15) is 19.2 Å². The van der Waals surface area contributed by atoms with E-state index < -0.39 is 48.2 Å². The van der Waals surface area contributed by atoms with E-state index in [1.165, 1.54) is 51.1 Å². The molecule has 0 radical (unpaired) electrons. The minimum atomic E-state index is -1.61. The summed E-state index contributed by atoms with van der Waals surface area (Å²) < 4.78 is 12.9. The Morgan fingerprint density at radius 2 is 0.477 bits per heavy atom. The summed E-state index contributed by atoms with van der Waals surface area (Å²) in [6, 6.07) is 65.8. The second-order valence-electron chi connectivity index (χ2n) is 39.3. The summed E-state index contributed by atoms with van der Waals surface area (Å²) in [6.45, 7) is 51.0. The summed E-state index contributed by atoms with van der Waals surface area (Å²) in [5, 5.41) is 31.9. The van der Waals surface area contributed by atoms with Gasteiger partial charge in [0.15, 0.2) is 0 Å². The van der Waals surface area contributed by atoms with Crippen molar-refractivity contribution in [3.05, 3.63) is 307 Å². The van der Waals surface area contributed by atoms with Crippen LogP contribution in [0.3, 0.4) is 0 Å². The van der Waals surface area contributed by atoms with E-state index in [1.807, 2.05) is 53.7 Å². The number of allylic oxidation sites excluding steroid dienone is 10. The SMILES string of the molecule is CC(C)(C)C1=CC(C(C2=CC(=O)C(=O)C(C(C)(C)C)=C2)=C2C3CCC2CC3)=CC(=O)C1=O.Cc1cc(-c2ccc(C(C)C)cc2)nn1[BH-](n1nc(-c2ccc(C(C)C)cc2)cc1C)n1nc(-c2ccc(C(C)C)cc2)cc1C.Cc1cc(-c2ccc(C(C)C)cc2)nn1[BH-](n1nc(-c2ccc(C(C)C)cc2)cc1C)n1nc(-c2ccc(C(C)C)cc2)cc1C.ClCCl.ClCCl.[Zn].[Zn]. The quantitative estimate of drug-likeness (QED) is 0.0309. The number of fused-ring (bicyclic) bond motifs is 2. The fourth-order valence-corrected chi connectivity index (χ4v) is 18.2. The van der Waals surface area contributed by atoms with Crippen LogP contribution in [0.4, 0.5) is 0 Å². The number of Topliss-reactive ketones (excluding diaryl/α,β-unsaturated/α-hetero) is 2. The largest absolute Gasteiger partial charge is 0.400 e. The molecule has 6 aromatic carbocycles. The number of alkyl halides is 4. The van der Waals surface area contributed by atoms with Crippen molar-refractivity contribution in [1.82, 2.24) is 58.1 Å². The molecule has 0 aliphatic heterocycles. The molecular formula is C108H128B2Cl4N12O4Zn2-2. The Kier molecular flexibility index (Phi) is 35.5. The molecule has 2 fully saturated rings. The third-order valence-corrected chi connectivity index (χ3v) is 25.9. The molecule has 4 aliphatic rings. The Morgan fingerprint density at radius 3 is 0.629 bits per heavy atom. The van der Waals surface area contributed by atoms with Gasteiger partial charge in [-0.15, -0.1) is 46.4 Å². The second kappa shape index (κ2) is 44.8. The van der Waals surface area contributed by atoms with E-state index in [4.69, 9.17) is 77.0 Å². The first kappa shape index (κ1) is 105. The van der Waals surface area contributed by atoms with Gasteiger partial charge in [-0.3, -0.25) is 19.2 Å². The molecule has 0 amide bonds. The first-order valence-electron chi connectivity index (χ1n) is 46.0. The van der Waals surface area contributed by atoms with Crippen LogP contribution in [-0.2, 0) is 58.1 Å². The van der Waals surface area contributed by atoms with E-state index in [1.54, 1.807) is 0 Å². The first-order chi connectivity index (χ1) is 61.6. The minimum absolute atomic E-state index is 0. The topological polar surface area (TPSA) is 175 Å². The minimum Gasteiger partial charge on any atom is -0.400 e. The predicted octanol–water partition coefficient (Wildman–Crippen LogP) is 26.5. The average molecular weight is 1950 g/mol. The number of benzene rings is 6. The van der Waals surface area contributed by atoms with Crippen molar-refractivity contribution in [3.63, 3.8) is 0 Å². The van der Waals surface area contributed by atoms with Crippen LogP contribution in [-0.4, -0.2) is 106 Å². The van der Waals surface area contributed by atoms with Gasteiger partial charge in [0.1, 0.15) is 0 Å². The number of rotatable bonds is 20. The maximum Gasteiger partial charge on any atom is 0.326 e. The van der Waals surface area contributed by atoms with Crippen LogP contribution in [0.25, 0.3) is 67.5 Å². The molecule has 24 heteroatoms. The van der Waals surface area contributed by atoms with Gasteiger partial charge in [0.25, 0.3) is 0 Å². The summed E-state index contributed by atoms with van der Waals surface area (Å²) >= 11 is 19.1. The zero-order valence-corrected chi connectivity index (χ0v) is 90.8. The number of aryl methyl sites for hydroxylation is 6. The van der Waals surface area contributed by atoms with Gasteiger partial charge in [-0.25, -0.2) is 30.6 Å². The predicted molar refractivity (Wildman–Crippen MR) is 543 cm³/mol. The van der Waals surface area contributed by atoms with Crippen molar-refractivity contribution in [2.24, 2.45) is 22.7 Å². The van der Waals surface area contributed by atoms with Crippen molar-refractivity contribution < 1.29 is 58.1 Å². The number of halogens is 4. The van der Waals surface area contributed by atoms with E-state index in [2.05, 4.69) is 334 Å². The van der Waals surface area contributed by atoms with Gasteiger partial charge in [-0.05, 0) is 270 Å². The van der Waals surface area contributed by atoms with E-state index in [0.717, 1.165) is 133 Å². The fraction of sp³-hybridized carbons (Fsp3) is 0.370. The van der Waals surface area contributed by atoms with Crippen molar-refractivity contribution in [3.8, 4) is 67.5 Å². The maximum absolute atomic E-state index is 12.7. The summed E-state index contributed by atoms with van der Waals surface area (Å²) in [4.78, 5) is 50.8. The molecule has 6 heterocycles. The van der Waals surface area contributed by atoms with Gasteiger partial charge in [-0.1, -0.05) is 276 Å². The van der Waals surface area contributed by atoms with E-state index in [-0.39, 0.29) is 49.6 Å². The Labute approximate surface area is 828 Å². The van der Waals surface area contributed by atoms with E-state index in [0.29, 0.717) is 69.6 Å². The molecule has 12 aromatic rings. The Morgan fingerprint density at radius 1 is 0.311 bits per heavy atom. The van der Waals surface area contributed by atoms with Crippen LogP contribution >= 0.6 is 46.4 Å². The molecule has 0 spiro atoms. The van der Waals surface area contributed by atoms with Crippen LogP contribution in [0.15, 0.2) is 240 Å². The molecule has 4 aliphatic carbocycles. The summed E-state index contributed by atoms with van der Waals surface area (Å²) in [7, 11) is -3.22. The van der Waals surface area contributed by atoms with Crippen molar-refractivity contribution in [2.45, 2.75) is 227 Å². The van der Waals surface area contributed by atoms with E-state index >= 15 is 0 Å². The number of hydrogen-bond donors (Lipinski definition) is 0. The number of aromatic nitrogens is 12. The summed E-state index contributed by atoms with van der Waals surface area (Å²) in [6.07, 6.45) is 11.0. The number of nitrogens with zero attached hydrogens (tertiary/aromatic N) is 12. The van der Waals surface area contributed by atoms with Crippen LogP contribution in [0.2, 0.25) is 0 Å². The van der Waals surface area contributed by atoms with Gasteiger partial charge in [-0.2, -0.15) is 0 Å². The molecule has 0 unspecified atom stereocenters. The third kappa shape index (κ3) is 23.9. The number of ketones is 4. The number of carbonyl (C=O) groups is 4. The second-order valence-corrected chi connectivity index (χ2v) is 40.9. The molecular weight excluding hydrogens is 1820 g/mol.